The predicted octanol–water partition coefficient (Wildman–Crippen LogP) is -0.277. The highest BCUT2D eigenvalue weighted by Gasteiger charge is 2.16. The van der Waals surface area contributed by atoms with E-state index < -0.39 is 7.12 Å². The van der Waals surface area contributed by atoms with Gasteiger partial charge in [-0.3, -0.25) is 4.98 Å². The van der Waals surface area contributed by atoms with Gasteiger partial charge in [0.1, 0.15) is 0 Å². The summed E-state index contributed by atoms with van der Waals surface area (Å²) in [6, 6.07) is 0. The minimum atomic E-state index is -1.55. The van der Waals surface area contributed by atoms with E-state index in [0.29, 0.717) is 5.02 Å². The van der Waals surface area contributed by atoms with Crippen molar-refractivity contribution in [2.75, 3.05) is 0 Å². The number of hydrogen-bond acceptors (Lipinski definition) is 3. The molecule has 0 saturated heterocycles. The summed E-state index contributed by atoms with van der Waals surface area (Å²) < 4.78 is 0. The van der Waals surface area contributed by atoms with Gasteiger partial charge in [0, 0.05) is 22.9 Å². The van der Waals surface area contributed by atoms with Gasteiger partial charge >= 0.3 is 7.12 Å². The molecule has 3 nitrogen and oxygen atoms in total. The number of pyridine rings is 1. The van der Waals surface area contributed by atoms with E-state index in [1.54, 1.807) is 13.1 Å². The first-order chi connectivity index (χ1) is 5.13. The first kappa shape index (κ1) is 8.52. The van der Waals surface area contributed by atoms with Crippen molar-refractivity contribution in [1.29, 1.82) is 0 Å². The first-order valence-electron chi connectivity index (χ1n) is 3.09. The van der Waals surface area contributed by atoms with Crippen LogP contribution in [0, 0.1) is 6.92 Å². The average molecular weight is 171 g/mol. The maximum atomic E-state index is 8.76. The predicted molar refractivity (Wildman–Crippen MR) is 43.8 cm³/mol. The molecule has 2 N–H and O–H groups in total. The van der Waals surface area contributed by atoms with Gasteiger partial charge in [0.15, 0.2) is 0 Å². The van der Waals surface area contributed by atoms with Crippen molar-refractivity contribution in [3.8, 4) is 0 Å². The third-order valence-electron chi connectivity index (χ3n) is 1.36. The Bertz CT molecular complexity index is 267. The molecule has 1 aromatic rings. The number of nitrogens with zero attached hydrogens (tertiary/aromatic N) is 1. The number of aryl methyl sites for hydroxylation is 1. The van der Waals surface area contributed by atoms with E-state index in [1.165, 1.54) is 6.20 Å². The molecule has 0 aromatic carbocycles. The van der Waals surface area contributed by atoms with Gasteiger partial charge in [0.2, 0.25) is 0 Å². The van der Waals surface area contributed by atoms with Gasteiger partial charge in [-0.2, -0.15) is 0 Å². The van der Waals surface area contributed by atoms with Gasteiger partial charge < -0.3 is 10.0 Å². The molecule has 1 aromatic heterocycles. The van der Waals surface area contributed by atoms with Crippen LogP contribution in [0.1, 0.15) is 5.56 Å². The van der Waals surface area contributed by atoms with E-state index in [1.807, 2.05) is 0 Å². The number of halogens is 1. The molecule has 0 fully saturated rings. The number of aromatic nitrogens is 1. The zero-order valence-corrected chi connectivity index (χ0v) is 6.71. The molecule has 58 valence electrons. The lowest BCUT2D eigenvalue weighted by Gasteiger charge is -2.03. The highest BCUT2D eigenvalue weighted by Crippen LogP contribution is 2.09. The fourth-order valence-electron chi connectivity index (χ4n) is 0.750. The molecule has 0 aliphatic heterocycles. The zero-order chi connectivity index (χ0) is 8.43. The Morgan fingerprint density at radius 1 is 1.45 bits per heavy atom. The van der Waals surface area contributed by atoms with Gasteiger partial charge in [-0.25, -0.2) is 0 Å². The summed E-state index contributed by atoms with van der Waals surface area (Å²) >= 11 is 5.73. The van der Waals surface area contributed by atoms with Crippen LogP contribution < -0.4 is 5.46 Å². The summed E-state index contributed by atoms with van der Waals surface area (Å²) in [7, 11) is -1.55. The lowest BCUT2D eigenvalue weighted by molar-refractivity contribution is 0.425. The van der Waals surface area contributed by atoms with Crippen molar-refractivity contribution in [2.24, 2.45) is 0 Å². The van der Waals surface area contributed by atoms with Gasteiger partial charge in [0.25, 0.3) is 0 Å². The Kier molecular flexibility index (Phi) is 2.49. The number of rotatable bonds is 1. The summed E-state index contributed by atoms with van der Waals surface area (Å²) in [4.78, 5) is 3.76. The Hall–Kier alpha value is -0.575. The quantitative estimate of drug-likeness (QED) is 0.572. The van der Waals surface area contributed by atoms with Gasteiger partial charge in [-0.05, 0) is 12.5 Å². The van der Waals surface area contributed by atoms with Crippen LogP contribution in [0.5, 0.6) is 0 Å². The fourth-order valence-corrected chi connectivity index (χ4v) is 0.946. The largest absolute Gasteiger partial charge is 0.491 e. The van der Waals surface area contributed by atoms with Crippen molar-refractivity contribution in [1.82, 2.24) is 4.98 Å². The van der Waals surface area contributed by atoms with Crippen LogP contribution in [0.3, 0.4) is 0 Å². The van der Waals surface area contributed by atoms with Gasteiger partial charge in [-0.1, -0.05) is 11.6 Å². The lowest BCUT2D eigenvalue weighted by Crippen LogP contribution is -2.31. The first-order valence-corrected chi connectivity index (χ1v) is 3.47. The van der Waals surface area contributed by atoms with Crippen LogP contribution in [0.4, 0.5) is 0 Å². The second-order valence-corrected chi connectivity index (χ2v) is 2.61. The van der Waals surface area contributed by atoms with Crippen LogP contribution in [0.25, 0.3) is 0 Å². The van der Waals surface area contributed by atoms with E-state index in [2.05, 4.69) is 4.98 Å². The maximum absolute atomic E-state index is 8.76. The summed E-state index contributed by atoms with van der Waals surface area (Å²) in [6.45, 7) is 1.75. The average Bonchev–Trinajstić information content (AvgIpc) is 1.94. The minimum Gasteiger partial charge on any atom is -0.423 e. The van der Waals surface area contributed by atoms with E-state index in [0.717, 1.165) is 5.56 Å². The summed E-state index contributed by atoms with van der Waals surface area (Å²) in [5, 5.41) is 17.9. The molecule has 0 aliphatic rings. The smallest absolute Gasteiger partial charge is 0.423 e. The molecular weight excluding hydrogens is 164 g/mol. The molecule has 0 unspecified atom stereocenters. The normalized spacial score (nSPS) is 9.82. The Morgan fingerprint density at radius 3 is 2.55 bits per heavy atom. The highest BCUT2D eigenvalue weighted by molar-refractivity contribution is 6.62. The Labute approximate surface area is 69.8 Å². The Morgan fingerprint density at radius 2 is 2.09 bits per heavy atom. The molecule has 11 heavy (non-hydrogen) atoms. The van der Waals surface area contributed by atoms with Crippen LogP contribution in [-0.2, 0) is 0 Å². The van der Waals surface area contributed by atoms with Crippen molar-refractivity contribution in [3.63, 3.8) is 0 Å². The molecule has 1 rings (SSSR count). The second-order valence-electron chi connectivity index (χ2n) is 2.23. The Balaban J connectivity index is 3.17. The summed E-state index contributed by atoms with van der Waals surface area (Å²) in [6.07, 6.45) is 2.90. The molecule has 0 spiro atoms. The van der Waals surface area contributed by atoms with Crippen LogP contribution in [0.2, 0.25) is 5.02 Å². The van der Waals surface area contributed by atoms with Gasteiger partial charge in [-0.15, -0.1) is 0 Å². The fraction of sp³-hybridized carbons (Fsp3) is 0.167. The molecule has 0 aliphatic carbocycles. The summed E-state index contributed by atoms with van der Waals surface area (Å²) in [5.41, 5.74) is 0.976. The molecular formula is C6H7BClNO2. The topological polar surface area (TPSA) is 53.4 Å². The van der Waals surface area contributed by atoms with Crippen LogP contribution in [0.15, 0.2) is 12.4 Å². The van der Waals surface area contributed by atoms with Crippen molar-refractivity contribution in [3.05, 3.63) is 23.0 Å². The van der Waals surface area contributed by atoms with E-state index in [4.69, 9.17) is 21.6 Å². The standard InChI is InChI=1S/C6H7BClNO2/c1-4-2-9-3-5(6(4)8)7(10)11/h2-3,10-11H,1H3. The molecule has 0 radical (unpaired) electrons. The molecule has 0 amide bonds. The maximum Gasteiger partial charge on any atom is 0.491 e. The lowest BCUT2D eigenvalue weighted by atomic mass is 9.81. The third-order valence-corrected chi connectivity index (χ3v) is 1.88. The van der Waals surface area contributed by atoms with E-state index in [9.17, 15) is 0 Å². The van der Waals surface area contributed by atoms with Crippen LogP contribution >= 0.6 is 11.6 Å². The molecule has 1 heterocycles. The van der Waals surface area contributed by atoms with Gasteiger partial charge in [0.05, 0.1) is 0 Å². The zero-order valence-electron chi connectivity index (χ0n) is 5.95. The summed E-state index contributed by atoms with van der Waals surface area (Å²) in [5.74, 6) is 0. The van der Waals surface area contributed by atoms with Crippen molar-refractivity contribution < 1.29 is 10.0 Å². The second kappa shape index (κ2) is 3.22. The molecule has 0 atom stereocenters. The monoisotopic (exact) mass is 171 g/mol. The van der Waals surface area contributed by atoms with Crippen LogP contribution in [-0.4, -0.2) is 22.2 Å². The molecule has 0 bridgehead atoms. The van der Waals surface area contributed by atoms with Crippen molar-refractivity contribution in [2.45, 2.75) is 6.92 Å². The highest BCUT2D eigenvalue weighted by atomic mass is 35.5. The number of hydrogen-bond donors (Lipinski definition) is 2. The minimum absolute atomic E-state index is 0.242. The molecule has 5 heteroatoms. The third kappa shape index (κ3) is 1.71. The molecule has 0 saturated carbocycles. The SMILES string of the molecule is Cc1cncc(B(O)O)c1Cl. The van der Waals surface area contributed by atoms with E-state index >= 15 is 0 Å². The van der Waals surface area contributed by atoms with Crippen molar-refractivity contribution >= 4 is 24.2 Å². The van der Waals surface area contributed by atoms with E-state index in [-0.39, 0.29) is 5.46 Å².